The normalized spacial score (nSPS) is 23.2. The predicted octanol–water partition coefficient (Wildman–Crippen LogP) is 2.92. The SMILES string of the molecule is CS(=O)(=O)C1CCCCCCCCC1. The lowest BCUT2D eigenvalue weighted by Crippen LogP contribution is -2.20. The number of sulfone groups is 1. The van der Waals surface area contributed by atoms with Gasteiger partial charge in [-0.3, -0.25) is 0 Å². The van der Waals surface area contributed by atoms with Crippen molar-refractivity contribution in [3.8, 4) is 0 Å². The van der Waals surface area contributed by atoms with Crippen LogP contribution in [0.25, 0.3) is 0 Å². The minimum atomic E-state index is -2.79. The molecule has 0 spiro atoms. The minimum absolute atomic E-state index is 0.0550. The van der Waals surface area contributed by atoms with Gasteiger partial charge in [0.1, 0.15) is 9.84 Å². The van der Waals surface area contributed by atoms with Crippen molar-refractivity contribution in [1.82, 2.24) is 0 Å². The average molecular weight is 218 g/mol. The second-order valence-electron chi connectivity index (χ2n) is 4.50. The van der Waals surface area contributed by atoms with Crippen LogP contribution in [0.15, 0.2) is 0 Å². The van der Waals surface area contributed by atoms with Crippen LogP contribution in [0.2, 0.25) is 0 Å². The van der Waals surface area contributed by atoms with Gasteiger partial charge in [0.2, 0.25) is 0 Å². The number of rotatable bonds is 1. The van der Waals surface area contributed by atoms with Gasteiger partial charge in [0, 0.05) is 6.26 Å². The predicted molar refractivity (Wildman–Crippen MR) is 60.2 cm³/mol. The van der Waals surface area contributed by atoms with Crippen LogP contribution in [0.1, 0.15) is 57.8 Å². The van der Waals surface area contributed by atoms with Crippen molar-refractivity contribution in [2.75, 3.05) is 6.26 Å². The Morgan fingerprint density at radius 3 is 1.50 bits per heavy atom. The van der Waals surface area contributed by atoms with Crippen molar-refractivity contribution in [3.05, 3.63) is 0 Å². The van der Waals surface area contributed by atoms with E-state index in [2.05, 4.69) is 0 Å². The van der Waals surface area contributed by atoms with Gasteiger partial charge in [-0.2, -0.15) is 0 Å². The van der Waals surface area contributed by atoms with E-state index in [1.165, 1.54) is 38.4 Å². The molecule has 0 aromatic rings. The van der Waals surface area contributed by atoms with Gasteiger partial charge in [-0.1, -0.05) is 44.9 Å². The molecule has 0 N–H and O–H groups in total. The van der Waals surface area contributed by atoms with Gasteiger partial charge in [0.05, 0.1) is 5.25 Å². The fourth-order valence-electron chi connectivity index (χ4n) is 2.20. The summed E-state index contributed by atoms with van der Waals surface area (Å²) in [6.45, 7) is 0. The molecule has 0 amide bonds. The summed E-state index contributed by atoms with van der Waals surface area (Å²) in [4.78, 5) is 0. The number of hydrogen-bond donors (Lipinski definition) is 0. The molecule has 0 bridgehead atoms. The Morgan fingerprint density at radius 2 is 1.14 bits per heavy atom. The number of hydrogen-bond acceptors (Lipinski definition) is 2. The molecule has 0 aromatic heterocycles. The molecule has 2 nitrogen and oxygen atoms in total. The van der Waals surface area contributed by atoms with E-state index in [4.69, 9.17) is 0 Å². The second-order valence-corrected chi connectivity index (χ2v) is 6.83. The fourth-order valence-corrected chi connectivity index (χ4v) is 3.39. The molecule has 84 valence electrons. The third-order valence-electron chi connectivity index (χ3n) is 3.16. The lowest BCUT2D eigenvalue weighted by Gasteiger charge is -2.16. The first-order chi connectivity index (χ1) is 6.61. The molecule has 0 radical (unpaired) electrons. The first-order valence-corrected chi connectivity index (χ1v) is 7.75. The molecular weight excluding hydrogens is 196 g/mol. The molecule has 0 atom stereocenters. The Bertz CT molecular complexity index is 234. The summed E-state index contributed by atoms with van der Waals surface area (Å²) in [5, 5.41) is -0.0550. The first-order valence-electron chi connectivity index (χ1n) is 5.79. The van der Waals surface area contributed by atoms with E-state index in [0.29, 0.717) is 0 Å². The molecule has 0 heterocycles. The van der Waals surface area contributed by atoms with E-state index in [-0.39, 0.29) is 5.25 Å². The zero-order valence-electron chi connectivity index (χ0n) is 9.17. The van der Waals surface area contributed by atoms with Crippen molar-refractivity contribution in [1.29, 1.82) is 0 Å². The molecule has 1 aliphatic carbocycles. The van der Waals surface area contributed by atoms with E-state index in [1.807, 2.05) is 0 Å². The standard InChI is InChI=1S/C11H22O2S/c1-14(12,13)11-9-7-5-3-2-4-6-8-10-11/h11H,2-10H2,1H3. The highest BCUT2D eigenvalue weighted by molar-refractivity contribution is 7.91. The van der Waals surface area contributed by atoms with Crippen LogP contribution in [0.4, 0.5) is 0 Å². The van der Waals surface area contributed by atoms with E-state index >= 15 is 0 Å². The zero-order valence-corrected chi connectivity index (χ0v) is 9.98. The second kappa shape index (κ2) is 5.74. The van der Waals surface area contributed by atoms with E-state index in [9.17, 15) is 8.42 Å². The van der Waals surface area contributed by atoms with Gasteiger partial charge in [-0.25, -0.2) is 8.42 Å². The Balaban J connectivity index is 2.47. The van der Waals surface area contributed by atoms with Crippen LogP contribution in [0.3, 0.4) is 0 Å². The lowest BCUT2D eigenvalue weighted by atomic mass is 10.0. The summed E-state index contributed by atoms with van der Waals surface area (Å²) in [6.07, 6.45) is 11.7. The highest BCUT2D eigenvalue weighted by Gasteiger charge is 2.19. The topological polar surface area (TPSA) is 34.1 Å². The third kappa shape index (κ3) is 4.45. The Kier molecular flexibility index (Phi) is 4.93. The van der Waals surface area contributed by atoms with E-state index < -0.39 is 9.84 Å². The van der Waals surface area contributed by atoms with Crippen molar-refractivity contribution < 1.29 is 8.42 Å². The summed E-state index contributed by atoms with van der Waals surface area (Å²) in [5.41, 5.74) is 0. The lowest BCUT2D eigenvalue weighted by molar-refractivity contribution is 0.492. The largest absolute Gasteiger partial charge is 0.229 e. The van der Waals surface area contributed by atoms with Crippen LogP contribution in [0, 0.1) is 0 Å². The van der Waals surface area contributed by atoms with Crippen molar-refractivity contribution >= 4 is 9.84 Å². The van der Waals surface area contributed by atoms with E-state index in [0.717, 1.165) is 25.7 Å². The van der Waals surface area contributed by atoms with Crippen molar-refractivity contribution in [3.63, 3.8) is 0 Å². The molecule has 1 rings (SSSR count). The Morgan fingerprint density at radius 1 is 0.786 bits per heavy atom. The summed E-state index contributed by atoms with van der Waals surface area (Å²) in [7, 11) is -2.79. The van der Waals surface area contributed by atoms with Crippen molar-refractivity contribution in [2.45, 2.75) is 63.0 Å². The highest BCUT2D eigenvalue weighted by atomic mass is 32.2. The minimum Gasteiger partial charge on any atom is -0.229 e. The maximum atomic E-state index is 11.4. The molecule has 0 aromatic carbocycles. The van der Waals surface area contributed by atoms with Crippen LogP contribution in [-0.2, 0) is 9.84 Å². The summed E-state index contributed by atoms with van der Waals surface area (Å²) in [6, 6.07) is 0. The molecule has 0 unspecified atom stereocenters. The fraction of sp³-hybridized carbons (Fsp3) is 1.00. The van der Waals surface area contributed by atoms with Crippen molar-refractivity contribution in [2.24, 2.45) is 0 Å². The van der Waals surface area contributed by atoms with Crippen LogP contribution in [-0.4, -0.2) is 19.9 Å². The molecule has 0 saturated heterocycles. The van der Waals surface area contributed by atoms with Gasteiger partial charge in [-0.15, -0.1) is 0 Å². The van der Waals surface area contributed by atoms with Gasteiger partial charge < -0.3 is 0 Å². The Labute approximate surface area is 88.0 Å². The van der Waals surface area contributed by atoms with Gasteiger partial charge >= 0.3 is 0 Å². The molecule has 14 heavy (non-hydrogen) atoms. The summed E-state index contributed by atoms with van der Waals surface area (Å²) >= 11 is 0. The van der Waals surface area contributed by atoms with Gasteiger partial charge in [-0.05, 0) is 12.8 Å². The molecule has 1 fully saturated rings. The summed E-state index contributed by atoms with van der Waals surface area (Å²) < 4.78 is 22.9. The quantitative estimate of drug-likeness (QED) is 0.678. The Hall–Kier alpha value is -0.0500. The first kappa shape index (κ1) is 12.0. The molecule has 3 heteroatoms. The van der Waals surface area contributed by atoms with Gasteiger partial charge in [0.25, 0.3) is 0 Å². The maximum absolute atomic E-state index is 11.4. The molecule has 0 aliphatic heterocycles. The third-order valence-corrected chi connectivity index (χ3v) is 4.84. The van der Waals surface area contributed by atoms with Crippen LogP contribution < -0.4 is 0 Å². The van der Waals surface area contributed by atoms with Gasteiger partial charge in [0.15, 0.2) is 0 Å². The average Bonchev–Trinajstić information content (AvgIpc) is 2.12. The highest BCUT2D eigenvalue weighted by Crippen LogP contribution is 2.21. The summed E-state index contributed by atoms with van der Waals surface area (Å²) in [5.74, 6) is 0. The molecular formula is C11H22O2S. The zero-order chi connectivity index (χ0) is 10.4. The van der Waals surface area contributed by atoms with Crippen LogP contribution >= 0.6 is 0 Å². The van der Waals surface area contributed by atoms with E-state index in [1.54, 1.807) is 0 Å². The molecule has 1 saturated carbocycles. The monoisotopic (exact) mass is 218 g/mol. The van der Waals surface area contributed by atoms with Crippen LogP contribution in [0.5, 0.6) is 0 Å². The maximum Gasteiger partial charge on any atom is 0.150 e. The molecule has 1 aliphatic rings. The smallest absolute Gasteiger partial charge is 0.150 e.